The topological polar surface area (TPSA) is 464 Å². The Morgan fingerprint density at radius 1 is 0.339 bits per heavy atom. The number of carbonyl (C=O) groups is 8. The van der Waals surface area contributed by atoms with Gasteiger partial charge in [-0.3, -0.25) is 63.3 Å². The highest BCUT2D eigenvalue weighted by atomic mass is 16.5. The first-order valence-electron chi connectivity index (χ1n) is 40.3. The van der Waals surface area contributed by atoms with Crippen molar-refractivity contribution < 1.29 is 54.0 Å². The average Bonchev–Trinajstić information content (AvgIpc) is 1.66. The quantitative estimate of drug-likeness (QED) is 0.00959. The zero-order chi connectivity index (χ0) is 84.8. The summed E-state index contributed by atoms with van der Waals surface area (Å²) in [6.45, 7) is 10.5. The van der Waals surface area contributed by atoms with Crippen LogP contribution in [0.15, 0.2) is 146 Å². The lowest BCUT2D eigenvalue weighted by molar-refractivity contribution is -0.130. The predicted molar refractivity (Wildman–Crippen MR) is 447 cm³/mol. The number of anilines is 3. The number of nitrogens with zero attached hydrogens (tertiary/aromatic N) is 12. The van der Waals surface area contributed by atoms with Crippen LogP contribution in [0.3, 0.4) is 0 Å². The van der Waals surface area contributed by atoms with Gasteiger partial charge in [0.05, 0.1) is 70.1 Å². The number of hydrogen-bond acceptors (Lipinski definition) is 23. The Hall–Kier alpha value is -12.3. The second-order valence-electron chi connectivity index (χ2n) is 28.0. The molecule has 0 saturated carbocycles. The van der Waals surface area contributed by atoms with E-state index in [0.29, 0.717) is 133 Å². The smallest absolute Gasteiger partial charge is 0.251 e. The molecular formula is C83H118N24O11. The van der Waals surface area contributed by atoms with Crippen LogP contribution in [-0.2, 0) is 71.5 Å². The maximum Gasteiger partial charge on any atom is 0.251 e. The molecule has 0 atom stereocenters. The summed E-state index contributed by atoms with van der Waals surface area (Å²) < 4.78 is 7.17. The van der Waals surface area contributed by atoms with Gasteiger partial charge in [0, 0.05) is 111 Å². The summed E-state index contributed by atoms with van der Waals surface area (Å²) in [6, 6.07) is 37.5. The summed E-state index contributed by atoms with van der Waals surface area (Å²) in [5, 5.41) is 85.9. The van der Waals surface area contributed by atoms with Gasteiger partial charge in [0.25, 0.3) is 23.6 Å². The predicted octanol–water partition coefficient (Wildman–Crippen LogP) is 9.10. The molecule has 0 aliphatic heterocycles. The van der Waals surface area contributed by atoms with Gasteiger partial charge >= 0.3 is 0 Å². The fourth-order valence-corrected chi connectivity index (χ4v) is 11.7. The van der Waals surface area contributed by atoms with E-state index in [0.717, 1.165) is 134 Å². The summed E-state index contributed by atoms with van der Waals surface area (Å²) in [6.07, 6.45) is 25.4. The maximum atomic E-state index is 12.5. The van der Waals surface area contributed by atoms with E-state index in [2.05, 4.69) is 108 Å². The normalized spacial score (nSPS) is 10.6. The van der Waals surface area contributed by atoms with Crippen LogP contribution in [-0.4, -0.2) is 164 Å². The van der Waals surface area contributed by atoms with Gasteiger partial charge in [-0.05, 0) is 155 Å². The molecule has 0 spiro atoms. The van der Waals surface area contributed by atoms with Crippen molar-refractivity contribution in [3.05, 3.63) is 208 Å². The number of carbonyl (C=O) groups excluding carboxylic acids is 8. The molecule has 0 bridgehead atoms. The van der Waals surface area contributed by atoms with Crippen molar-refractivity contribution >= 4 is 64.3 Å². The number of nitrogens with one attached hydrogen (secondary N) is 12. The van der Waals surface area contributed by atoms with Crippen molar-refractivity contribution in [2.45, 2.75) is 201 Å². The molecule has 0 unspecified atom stereocenters. The summed E-state index contributed by atoms with van der Waals surface area (Å²) in [5.74, 6) is -1.32. The number of unbranched alkanes of at least 4 members (excludes halogenated alkanes) is 13. The summed E-state index contributed by atoms with van der Waals surface area (Å²) >= 11 is 0. The molecule has 5 aromatic carbocycles. The zero-order valence-electron chi connectivity index (χ0n) is 68.5. The van der Waals surface area contributed by atoms with Gasteiger partial charge in [0.15, 0.2) is 0 Å². The molecule has 0 aliphatic carbocycles. The Labute approximate surface area is 689 Å². The highest BCUT2D eigenvalue weighted by molar-refractivity contribution is 5.96. The van der Waals surface area contributed by atoms with Crippen molar-refractivity contribution in [3.8, 4) is 0 Å². The molecule has 0 fully saturated rings. The van der Waals surface area contributed by atoms with Gasteiger partial charge < -0.3 is 47.9 Å². The van der Waals surface area contributed by atoms with Crippen molar-refractivity contribution in [1.82, 2.24) is 108 Å². The van der Waals surface area contributed by atoms with Gasteiger partial charge in [0.2, 0.25) is 23.6 Å². The monoisotopic (exact) mass is 1630 g/mol. The van der Waals surface area contributed by atoms with E-state index in [1.54, 1.807) is 81.0 Å². The molecule has 8 amide bonds. The van der Waals surface area contributed by atoms with E-state index in [9.17, 15) is 38.4 Å². The summed E-state index contributed by atoms with van der Waals surface area (Å²) in [5.41, 5.74) is 16.6. The highest BCUT2D eigenvalue weighted by Crippen LogP contribution is 2.18. The molecule has 0 saturated heterocycles. The van der Waals surface area contributed by atoms with Crippen LogP contribution in [0, 0.1) is 6.92 Å². The van der Waals surface area contributed by atoms with Gasteiger partial charge in [-0.2, -0.15) is 0 Å². The van der Waals surface area contributed by atoms with Crippen LogP contribution in [0.25, 0.3) is 0 Å². The molecule has 9 aromatic rings. The Morgan fingerprint density at radius 3 is 0.975 bits per heavy atom. The first-order valence-corrected chi connectivity index (χ1v) is 40.3. The number of aromatic nitrogens is 12. The summed E-state index contributed by atoms with van der Waals surface area (Å²) in [4.78, 5) is 91.8. The molecule has 4 heterocycles. The molecule has 15 N–H and O–H groups in total. The van der Waals surface area contributed by atoms with Crippen molar-refractivity contribution in [1.29, 1.82) is 0 Å². The number of hydroxylamine groups is 3. The second-order valence-corrected chi connectivity index (χ2v) is 28.0. The van der Waals surface area contributed by atoms with E-state index in [-0.39, 0.29) is 47.3 Å². The fraction of sp³-hybridized carbons (Fsp3) is 0.446. The molecule has 4 aromatic heterocycles. The van der Waals surface area contributed by atoms with Gasteiger partial charge in [-0.1, -0.05) is 134 Å². The Morgan fingerprint density at radius 2 is 0.644 bits per heavy atom. The molecule has 636 valence electrons. The molecule has 9 rings (SSSR count). The standard InChI is InChI=1S/C36H43N11O4.C23H34N10O3.C16H24N2O2.C8H17NO2/c1-37-35(49)26-11-15-30(16-12-26)39-20-32-24-46(44-41-32)22-28-8-5-6-9-29(28)23-47-25-33(42-45-47)21-40-31-17-13-27(14-18-31)36(50)38-19-7-3-2-4-10-34(48)43-51;1-24-14-20-16-32(30-27-20)12-13-33-17-21(28-31-33)15-26-19-9-7-18(8-10-19)23(35)25-11-5-3-2-4-6-22(34)29-36;1-13-8-10-14(11-9-13)16(20)18-12-6-4-3-5-7-15(19)17-2;1-2-3-4-5-6-7-8(10)9-11/h5-6,8-9,11-18,24-25,39-40,51H,2-4,7,10,19-23H2,1H3,(H,37,49)(H,38,50)(H,43,48);7-10,16-17,24,26,36H,2-6,11-15H2,1H3,(H,25,35)(H,29,34);8-11H,3-7,12H2,1-2H3,(H,17,19)(H,18,20);11H,2-7H2,1H3,(H,9,10). The largest absolute Gasteiger partial charge is 0.379 e. The van der Waals surface area contributed by atoms with Gasteiger partial charge in [-0.25, -0.2) is 25.8 Å². The van der Waals surface area contributed by atoms with Crippen LogP contribution >= 0.6 is 0 Å². The van der Waals surface area contributed by atoms with E-state index in [1.165, 1.54) is 19.3 Å². The van der Waals surface area contributed by atoms with Crippen LogP contribution in [0.5, 0.6) is 0 Å². The number of hydrogen-bond donors (Lipinski definition) is 15. The minimum atomic E-state index is -0.378. The lowest BCUT2D eigenvalue weighted by Gasteiger charge is -2.09. The molecule has 0 radical (unpaired) electrons. The number of benzene rings is 5. The molecular weight excluding hydrogens is 1510 g/mol. The molecule has 118 heavy (non-hydrogen) atoms. The van der Waals surface area contributed by atoms with Crippen LogP contribution in [0.4, 0.5) is 17.1 Å². The van der Waals surface area contributed by atoms with E-state index >= 15 is 0 Å². The molecule has 35 heteroatoms. The van der Waals surface area contributed by atoms with E-state index < -0.39 is 0 Å². The van der Waals surface area contributed by atoms with Crippen molar-refractivity contribution in [3.63, 3.8) is 0 Å². The maximum absolute atomic E-state index is 12.5. The van der Waals surface area contributed by atoms with Crippen LogP contribution in [0.1, 0.15) is 223 Å². The van der Waals surface area contributed by atoms with Crippen molar-refractivity contribution in [2.75, 3.05) is 56.7 Å². The number of aryl methyl sites for hydroxylation is 3. The Balaban J connectivity index is 0.000000278. The third-order valence-electron chi connectivity index (χ3n) is 18.5. The minimum Gasteiger partial charge on any atom is -0.379 e. The Bertz CT molecular complexity index is 4400. The summed E-state index contributed by atoms with van der Waals surface area (Å²) in [7, 11) is 5.13. The SMILES string of the molecule is CCCCCCCC(=O)NO.CNC(=O)CCCCCCNC(=O)c1ccc(C)cc1.CNC(=O)c1ccc(NCc2cn(Cc3ccccc3Cn3cc(CNc4ccc(C(=O)NCCCCCCC(=O)NO)cc4)nn3)nn2)cc1.CNCc1cn(CCn2cc(CNc3ccc(C(=O)NCCCCCCC(=O)NO)cc3)nn2)nn1. The first kappa shape index (κ1) is 94.5. The van der Waals surface area contributed by atoms with Gasteiger partial charge in [-0.15, -0.1) is 20.4 Å². The highest BCUT2D eigenvalue weighted by Gasteiger charge is 2.14. The third-order valence-corrected chi connectivity index (χ3v) is 18.5. The van der Waals surface area contributed by atoms with E-state index in [4.69, 9.17) is 15.6 Å². The minimum absolute atomic E-state index is 0.0182. The van der Waals surface area contributed by atoms with Gasteiger partial charge in [0.1, 0.15) is 17.1 Å². The third kappa shape index (κ3) is 38.4. The second kappa shape index (κ2) is 56.0. The average molecular weight is 1630 g/mol. The first-order chi connectivity index (χ1) is 57.4. The van der Waals surface area contributed by atoms with Crippen LogP contribution in [0.2, 0.25) is 0 Å². The number of rotatable bonds is 49. The lowest BCUT2D eigenvalue weighted by Crippen LogP contribution is -2.24. The molecule has 35 nitrogen and oxygen atoms in total. The molecule has 0 aliphatic rings. The number of amides is 8. The van der Waals surface area contributed by atoms with Crippen molar-refractivity contribution in [2.24, 2.45) is 0 Å². The zero-order valence-corrected chi connectivity index (χ0v) is 68.5. The lowest BCUT2D eigenvalue weighted by atomic mass is 10.1. The van der Waals surface area contributed by atoms with Crippen LogP contribution < -0.4 is 64.3 Å². The fourth-order valence-electron chi connectivity index (χ4n) is 11.7. The Kier molecular flexibility index (Phi) is 44.9. The van der Waals surface area contributed by atoms with E-state index in [1.807, 2.05) is 116 Å².